The second kappa shape index (κ2) is 7.37. The van der Waals surface area contributed by atoms with Gasteiger partial charge >= 0.3 is 5.97 Å². The van der Waals surface area contributed by atoms with E-state index in [4.69, 9.17) is 9.16 Å². The van der Waals surface area contributed by atoms with Gasteiger partial charge in [0.1, 0.15) is 6.10 Å². The van der Waals surface area contributed by atoms with Crippen molar-refractivity contribution in [2.45, 2.75) is 57.8 Å². The fourth-order valence-electron chi connectivity index (χ4n) is 3.97. The maximum Gasteiger partial charge on any atom is 0.308 e. The molecule has 1 fully saturated rings. The minimum absolute atomic E-state index is 0.0976. The standard InChI is InChI=1S/C22H28O3Si/c1-5-19-20(16-21(23)24-19)25-26(22(2,3)4,17-12-8-6-9-13-17)18-14-10-7-11-15-18/h6-15,19-20H,5,16H2,1-4H3/t19-,20-/m1/s1. The van der Waals surface area contributed by atoms with E-state index in [1.165, 1.54) is 10.4 Å². The van der Waals surface area contributed by atoms with Crippen molar-refractivity contribution >= 4 is 24.7 Å². The Labute approximate surface area is 157 Å². The molecular weight excluding hydrogens is 340 g/mol. The molecule has 1 aliphatic rings. The first-order valence-corrected chi connectivity index (χ1v) is 11.3. The van der Waals surface area contributed by atoms with E-state index in [2.05, 4.69) is 69.3 Å². The topological polar surface area (TPSA) is 35.5 Å². The zero-order valence-electron chi connectivity index (χ0n) is 16.1. The Kier molecular flexibility index (Phi) is 5.35. The first-order valence-electron chi connectivity index (χ1n) is 9.37. The molecule has 3 rings (SSSR count). The van der Waals surface area contributed by atoms with Gasteiger partial charge in [0, 0.05) is 0 Å². The molecule has 0 amide bonds. The molecule has 4 heteroatoms. The average molecular weight is 369 g/mol. The van der Waals surface area contributed by atoms with Crippen LogP contribution in [0.1, 0.15) is 40.5 Å². The van der Waals surface area contributed by atoms with Crippen molar-refractivity contribution in [1.82, 2.24) is 0 Å². The van der Waals surface area contributed by atoms with Gasteiger partial charge < -0.3 is 9.16 Å². The second-order valence-corrected chi connectivity index (χ2v) is 12.2. The third kappa shape index (κ3) is 3.36. The Balaban J connectivity index is 2.16. The summed E-state index contributed by atoms with van der Waals surface area (Å²) in [7, 11) is -2.63. The Morgan fingerprint density at radius 2 is 1.50 bits per heavy atom. The van der Waals surface area contributed by atoms with Gasteiger partial charge in [-0.2, -0.15) is 0 Å². The predicted molar refractivity (Wildman–Crippen MR) is 107 cm³/mol. The van der Waals surface area contributed by atoms with Gasteiger partial charge in [0.05, 0.1) is 12.5 Å². The lowest BCUT2D eigenvalue weighted by Crippen LogP contribution is -2.68. The summed E-state index contributed by atoms with van der Waals surface area (Å²) in [6, 6.07) is 21.0. The summed E-state index contributed by atoms with van der Waals surface area (Å²) < 4.78 is 12.5. The summed E-state index contributed by atoms with van der Waals surface area (Å²) in [5, 5.41) is 2.36. The number of benzene rings is 2. The molecule has 26 heavy (non-hydrogen) atoms. The SMILES string of the molecule is CC[C@H]1OC(=O)C[C@H]1O[Si](c1ccccc1)(c1ccccc1)C(C)(C)C. The van der Waals surface area contributed by atoms with Crippen molar-refractivity contribution in [2.24, 2.45) is 0 Å². The van der Waals surface area contributed by atoms with E-state index >= 15 is 0 Å². The molecule has 2 aromatic carbocycles. The van der Waals surface area contributed by atoms with Crippen LogP contribution in [0, 0.1) is 0 Å². The third-order valence-corrected chi connectivity index (χ3v) is 10.3. The van der Waals surface area contributed by atoms with E-state index in [1.807, 2.05) is 19.1 Å². The van der Waals surface area contributed by atoms with Crippen molar-refractivity contribution in [2.75, 3.05) is 0 Å². The number of hydrogen-bond donors (Lipinski definition) is 0. The zero-order chi connectivity index (χ0) is 18.8. The average Bonchev–Trinajstić information content (AvgIpc) is 2.99. The molecule has 0 unspecified atom stereocenters. The van der Waals surface area contributed by atoms with Crippen LogP contribution in [-0.2, 0) is 14.0 Å². The van der Waals surface area contributed by atoms with Crippen molar-refractivity contribution in [3.8, 4) is 0 Å². The van der Waals surface area contributed by atoms with E-state index < -0.39 is 8.32 Å². The minimum Gasteiger partial charge on any atom is -0.460 e. The van der Waals surface area contributed by atoms with E-state index in [1.54, 1.807) is 0 Å². The normalized spacial score (nSPS) is 20.8. The highest BCUT2D eigenvalue weighted by Crippen LogP contribution is 2.39. The molecule has 0 bridgehead atoms. The Morgan fingerprint density at radius 1 is 1.00 bits per heavy atom. The number of hydrogen-bond acceptors (Lipinski definition) is 3. The van der Waals surface area contributed by atoms with Crippen LogP contribution < -0.4 is 10.4 Å². The highest BCUT2D eigenvalue weighted by atomic mass is 28.4. The monoisotopic (exact) mass is 368 g/mol. The highest BCUT2D eigenvalue weighted by molar-refractivity contribution is 6.99. The maximum absolute atomic E-state index is 11.9. The summed E-state index contributed by atoms with van der Waals surface area (Å²) in [5.41, 5.74) is 0. The molecule has 0 saturated carbocycles. The molecule has 2 aromatic rings. The third-order valence-electron chi connectivity index (χ3n) is 5.21. The summed E-state index contributed by atoms with van der Waals surface area (Å²) in [5.74, 6) is -0.153. The van der Waals surface area contributed by atoms with Crippen molar-refractivity contribution < 1.29 is 14.0 Å². The summed E-state index contributed by atoms with van der Waals surface area (Å²) >= 11 is 0. The van der Waals surface area contributed by atoms with Crippen LogP contribution in [0.4, 0.5) is 0 Å². The summed E-state index contributed by atoms with van der Waals surface area (Å²) in [6.45, 7) is 8.79. The molecule has 0 aromatic heterocycles. The molecule has 0 radical (unpaired) electrons. The van der Waals surface area contributed by atoms with Crippen molar-refractivity contribution in [1.29, 1.82) is 0 Å². The maximum atomic E-state index is 11.9. The number of carbonyl (C=O) groups excluding carboxylic acids is 1. The number of carbonyl (C=O) groups is 1. The van der Waals surface area contributed by atoms with Crippen LogP contribution in [0.3, 0.4) is 0 Å². The molecule has 1 heterocycles. The van der Waals surface area contributed by atoms with Crippen molar-refractivity contribution in [3.05, 3.63) is 60.7 Å². The second-order valence-electron chi connectivity index (χ2n) is 7.96. The molecule has 0 aliphatic carbocycles. The Hall–Kier alpha value is -1.91. The van der Waals surface area contributed by atoms with Crippen LogP contribution in [0.2, 0.25) is 5.04 Å². The summed E-state index contributed by atoms with van der Waals surface area (Å²) in [6.07, 6.45) is 0.750. The Bertz CT molecular complexity index is 697. The van der Waals surface area contributed by atoms with Gasteiger partial charge in [0.2, 0.25) is 0 Å². The Morgan fingerprint density at radius 3 is 1.92 bits per heavy atom. The smallest absolute Gasteiger partial charge is 0.308 e. The van der Waals surface area contributed by atoms with E-state index in [0.29, 0.717) is 6.42 Å². The molecule has 1 aliphatic heterocycles. The van der Waals surface area contributed by atoms with E-state index in [9.17, 15) is 4.79 Å². The lowest BCUT2D eigenvalue weighted by molar-refractivity contribution is -0.141. The van der Waals surface area contributed by atoms with Crippen LogP contribution in [0.5, 0.6) is 0 Å². The highest BCUT2D eigenvalue weighted by Gasteiger charge is 2.53. The van der Waals surface area contributed by atoms with Gasteiger partial charge in [-0.15, -0.1) is 0 Å². The molecular formula is C22H28O3Si. The predicted octanol–water partition coefficient (Wildman–Crippen LogP) is 3.66. The molecule has 2 atom stereocenters. The van der Waals surface area contributed by atoms with Gasteiger partial charge in [-0.05, 0) is 21.8 Å². The lowest BCUT2D eigenvalue weighted by Gasteiger charge is -2.45. The van der Waals surface area contributed by atoms with E-state index in [0.717, 1.165) is 6.42 Å². The van der Waals surface area contributed by atoms with Gasteiger partial charge in [-0.1, -0.05) is 88.4 Å². The molecule has 0 N–H and O–H groups in total. The molecule has 3 nitrogen and oxygen atoms in total. The zero-order valence-corrected chi connectivity index (χ0v) is 17.1. The number of esters is 1. The minimum atomic E-state index is -2.63. The van der Waals surface area contributed by atoms with Crippen LogP contribution in [-0.4, -0.2) is 26.5 Å². The molecule has 0 spiro atoms. The van der Waals surface area contributed by atoms with Crippen molar-refractivity contribution in [3.63, 3.8) is 0 Å². The lowest BCUT2D eigenvalue weighted by atomic mass is 10.1. The van der Waals surface area contributed by atoms with Gasteiger partial charge in [0.15, 0.2) is 0 Å². The quantitative estimate of drug-likeness (QED) is 0.597. The van der Waals surface area contributed by atoms with Gasteiger partial charge in [-0.25, -0.2) is 0 Å². The van der Waals surface area contributed by atoms with E-state index in [-0.39, 0.29) is 23.2 Å². The van der Waals surface area contributed by atoms with Crippen LogP contribution in [0.25, 0.3) is 0 Å². The number of rotatable bonds is 5. The first kappa shape index (κ1) is 18.9. The molecule has 1 saturated heterocycles. The number of cyclic esters (lactones) is 1. The van der Waals surface area contributed by atoms with Crippen LogP contribution in [0.15, 0.2) is 60.7 Å². The first-order chi connectivity index (χ1) is 12.4. The molecule has 138 valence electrons. The summed E-state index contributed by atoms with van der Waals surface area (Å²) in [4.78, 5) is 11.9. The fraction of sp³-hybridized carbons (Fsp3) is 0.409. The fourth-order valence-corrected chi connectivity index (χ4v) is 8.67. The largest absolute Gasteiger partial charge is 0.460 e. The number of ether oxygens (including phenoxy) is 1. The van der Waals surface area contributed by atoms with Gasteiger partial charge in [0.25, 0.3) is 8.32 Å². The van der Waals surface area contributed by atoms with Gasteiger partial charge in [-0.3, -0.25) is 4.79 Å². The van der Waals surface area contributed by atoms with Crippen LogP contribution >= 0.6 is 0 Å².